The first-order valence-electron chi connectivity index (χ1n) is 8.12. The Bertz CT molecular complexity index is 504. The van der Waals surface area contributed by atoms with Crippen LogP contribution in [0.2, 0.25) is 0 Å². The van der Waals surface area contributed by atoms with Gasteiger partial charge in [0.05, 0.1) is 17.7 Å². The summed E-state index contributed by atoms with van der Waals surface area (Å²) in [6.07, 6.45) is 5.78. The monoisotopic (exact) mass is 286 g/mol. The lowest BCUT2D eigenvalue weighted by Crippen LogP contribution is -2.26. The smallest absolute Gasteiger partial charge is 0.0992 e. The van der Waals surface area contributed by atoms with Gasteiger partial charge in [-0.1, -0.05) is 25.8 Å². The number of hydrogen-bond donors (Lipinski definition) is 1. The third kappa shape index (κ3) is 3.98. The van der Waals surface area contributed by atoms with Crippen LogP contribution in [0.1, 0.15) is 63.2 Å². The van der Waals surface area contributed by atoms with Crippen molar-refractivity contribution in [2.24, 2.45) is 5.92 Å². The summed E-state index contributed by atoms with van der Waals surface area (Å²) < 4.78 is 0. The molecule has 0 aliphatic carbocycles. The Balaban J connectivity index is 2.22. The minimum absolute atomic E-state index is 0.498. The van der Waals surface area contributed by atoms with Gasteiger partial charge in [-0.25, -0.2) is 0 Å². The molecule has 1 aliphatic rings. The summed E-state index contributed by atoms with van der Waals surface area (Å²) in [5.41, 5.74) is 2.65. The number of hydrogen-bond acceptors (Lipinski definition) is 3. The number of rotatable bonds is 4. The first kappa shape index (κ1) is 15.9. The van der Waals surface area contributed by atoms with Gasteiger partial charge in [-0.05, 0) is 44.2 Å². The van der Waals surface area contributed by atoms with Crippen LogP contribution in [0.15, 0.2) is 18.2 Å². The fourth-order valence-electron chi connectivity index (χ4n) is 3.34. The molecule has 21 heavy (non-hydrogen) atoms. The van der Waals surface area contributed by atoms with Crippen LogP contribution in [0.4, 0.5) is 5.69 Å². The lowest BCUT2D eigenvalue weighted by molar-refractivity contribution is 0.199. The standard InChI is InChI=1S/C18H26N2O/c1-3-5-15-6-4-10-20(11-9-15)18-12-16(13-19)7-8-17(18)14(2)21/h7-8,12,14-15,21H,3-6,9-11H2,1-2H3. The third-order valence-corrected chi connectivity index (χ3v) is 4.49. The average Bonchev–Trinajstić information content (AvgIpc) is 2.72. The number of nitrogens with zero attached hydrogens (tertiary/aromatic N) is 2. The van der Waals surface area contributed by atoms with E-state index >= 15 is 0 Å². The Morgan fingerprint density at radius 1 is 1.38 bits per heavy atom. The minimum atomic E-state index is -0.498. The molecule has 0 spiro atoms. The number of anilines is 1. The predicted octanol–water partition coefficient (Wildman–Crippen LogP) is 4.02. The first-order valence-corrected chi connectivity index (χ1v) is 8.12. The Morgan fingerprint density at radius 3 is 2.86 bits per heavy atom. The van der Waals surface area contributed by atoms with E-state index in [0.717, 1.165) is 30.3 Å². The van der Waals surface area contributed by atoms with Gasteiger partial charge < -0.3 is 10.0 Å². The van der Waals surface area contributed by atoms with Crippen LogP contribution in [0.3, 0.4) is 0 Å². The van der Waals surface area contributed by atoms with Gasteiger partial charge in [0.25, 0.3) is 0 Å². The molecule has 2 atom stereocenters. The molecule has 0 bridgehead atoms. The van der Waals surface area contributed by atoms with Gasteiger partial charge in [0.1, 0.15) is 0 Å². The summed E-state index contributed by atoms with van der Waals surface area (Å²) >= 11 is 0. The summed E-state index contributed by atoms with van der Waals surface area (Å²) in [6, 6.07) is 7.83. The molecule has 0 saturated carbocycles. The topological polar surface area (TPSA) is 47.3 Å². The largest absolute Gasteiger partial charge is 0.389 e. The van der Waals surface area contributed by atoms with Gasteiger partial charge >= 0.3 is 0 Å². The van der Waals surface area contributed by atoms with Crippen molar-refractivity contribution >= 4 is 5.69 Å². The van der Waals surface area contributed by atoms with E-state index in [2.05, 4.69) is 17.9 Å². The van der Waals surface area contributed by atoms with E-state index in [1.165, 1.54) is 32.1 Å². The molecular formula is C18H26N2O. The lowest BCUT2D eigenvalue weighted by atomic mass is 9.96. The molecule has 1 heterocycles. The summed E-state index contributed by atoms with van der Waals surface area (Å²) in [4.78, 5) is 2.36. The van der Waals surface area contributed by atoms with Crippen LogP contribution < -0.4 is 4.90 Å². The van der Waals surface area contributed by atoms with Crippen LogP contribution in [-0.2, 0) is 0 Å². The van der Waals surface area contributed by atoms with Crippen molar-refractivity contribution < 1.29 is 5.11 Å². The molecule has 1 N–H and O–H groups in total. The van der Waals surface area contributed by atoms with Crippen LogP contribution >= 0.6 is 0 Å². The van der Waals surface area contributed by atoms with Crippen molar-refractivity contribution in [3.05, 3.63) is 29.3 Å². The maximum Gasteiger partial charge on any atom is 0.0992 e. The van der Waals surface area contributed by atoms with Crippen molar-refractivity contribution in [1.82, 2.24) is 0 Å². The SMILES string of the molecule is CCCC1CCCN(c2cc(C#N)ccc2C(C)O)CC1. The highest BCUT2D eigenvalue weighted by molar-refractivity contribution is 5.58. The predicted molar refractivity (Wildman–Crippen MR) is 86.3 cm³/mol. The highest BCUT2D eigenvalue weighted by atomic mass is 16.3. The Kier molecular flexibility index (Phi) is 5.64. The molecule has 3 nitrogen and oxygen atoms in total. The Labute approximate surface area is 128 Å². The first-order chi connectivity index (χ1) is 10.2. The summed E-state index contributed by atoms with van der Waals surface area (Å²) in [7, 11) is 0. The Hall–Kier alpha value is -1.53. The van der Waals surface area contributed by atoms with Gasteiger partial charge in [-0.15, -0.1) is 0 Å². The normalized spacial score (nSPS) is 20.7. The number of benzene rings is 1. The van der Waals surface area contributed by atoms with E-state index in [-0.39, 0.29) is 0 Å². The second-order valence-electron chi connectivity index (χ2n) is 6.13. The molecule has 1 aromatic carbocycles. The molecular weight excluding hydrogens is 260 g/mol. The molecule has 0 amide bonds. The molecule has 1 saturated heterocycles. The van der Waals surface area contributed by atoms with E-state index in [1.54, 1.807) is 13.0 Å². The second kappa shape index (κ2) is 7.47. The molecule has 2 rings (SSSR count). The molecule has 1 fully saturated rings. The molecule has 1 aromatic rings. The van der Waals surface area contributed by atoms with E-state index in [0.29, 0.717) is 5.56 Å². The van der Waals surface area contributed by atoms with E-state index in [1.807, 2.05) is 12.1 Å². The zero-order chi connectivity index (χ0) is 15.2. The summed E-state index contributed by atoms with van der Waals surface area (Å²) in [5, 5.41) is 19.1. The molecule has 0 radical (unpaired) electrons. The number of aliphatic hydroxyl groups is 1. The van der Waals surface area contributed by atoms with E-state index < -0.39 is 6.10 Å². The van der Waals surface area contributed by atoms with E-state index in [4.69, 9.17) is 5.26 Å². The van der Waals surface area contributed by atoms with Gasteiger partial charge in [0.2, 0.25) is 0 Å². The summed E-state index contributed by atoms with van der Waals surface area (Å²) in [5.74, 6) is 0.828. The zero-order valence-corrected chi connectivity index (χ0v) is 13.2. The fourth-order valence-corrected chi connectivity index (χ4v) is 3.34. The van der Waals surface area contributed by atoms with Crippen molar-refractivity contribution in [2.45, 2.75) is 52.1 Å². The lowest BCUT2D eigenvalue weighted by Gasteiger charge is -2.27. The molecule has 3 heteroatoms. The van der Waals surface area contributed by atoms with Crippen molar-refractivity contribution in [1.29, 1.82) is 5.26 Å². The molecule has 0 aromatic heterocycles. The van der Waals surface area contributed by atoms with Gasteiger partial charge in [0.15, 0.2) is 0 Å². The van der Waals surface area contributed by atoms with Gasteiger partial charge in [0, 0.05) is 24.3 Å². The number of nitriles is 1. The second-order valence-corrected chi connectivity index (χ2v) is 6.13. The van der Waals surface area contributed by atoms with Crippen LogP contribution in [0.5, 0.6) is 0 Å². The number of aliphatic hydroxyl groups excluding tert-OH is 1. The minimum Gasteiger partial charge on any atom is -0.389 e. The summed E-state index contributed by atoms with van der Waals surface area (Å²) in [6.45, 7) is 6.10. The van der Waals surface area contributed by atoms with Gasteiger partial charge in [-0.3, -0.25) is 0 Å². The maximum atomic E-state index is 10.00. The maximum absolute atomic E-state index is 10.00. The van der Waals surface area contributed by atoms with Gasteiger partial charge in [-0.2, -0.15) is 5.26 Å². The highest BCUT2D eigenvalue weighted by Gasteiger charge is 2.20. The molecule has 2 unspecified atom stereocenters. The molecule has 114 valence electrons. The van der Waals surface area contributed by atoms with Crippen molar-refractivity contribution in [3.8, 4) is 6.07 Å². The quantitative estimate of drug-likeness (QED) is 0.909. The van der Waals surface area contributed by atoms with Crippen LogP contribution in [-0.4, -0.2) is 18.2 Å². The molecule has 1 aliphatic heterocycles. The third-order valence-electron chi connectivity index (χ3n) is 4.49. The average molecular weight is 286 g/mol. The fraction of sp³-hybridized carbons (Fsp3) is 0.611. The van der Waals surface area contributed by atoms with Crippen molar-refractivity contribution in [2.75, 3.05) is 18.0 Å². The van der Waals surface area contributed by atoms with E-state index in [9.17, 15) is 5.11 Å². The van der Waals surface area contributed by atoms with Crippen molar-refractivity contribution in [3.63, 3.8) is 0 Å². The Morgan fingerprint density at radius 2 is 2.19 bits per heavy atom. The van der Waals surface area contributed by atoms with Crippen LogP contribution in [0.25, 0.3) is 0 Å². The zero-order valence-electron chi connectivity index (χ0n) is 13.2. The highest BCUT2D eigenvalue weighted by Crippen LogP contribution is 2.31. The van der Waals surface area contributed by atoms with Crippen LogP contribution in [0, 0.1) is 17.2 Å².